The molecule has 0 unspecified atom stereocenters. The van der Waals surface area contributed by atoms with Crippen LogP contribution in [-0.4, -0.2) is 32.2 Å². The third-order valence-corrected chi connectivity index (χ3v) is 7.35. The van der Waals surface area contributed by atoms with Gasteiger partial charge in [0.1, 0.15) is 10.7 Å². The maximum Gasteiger partial charge on any atom is 0.259 e. The number of rotatable bonds is 5. The maximum atomic E-state index is 12.5. The molecule has 1 N–H and O–H groups in total. The van der Waals surface area contributed by atoms with E-state index in [1.54, 1.807) is 23.1 Å². The molecule has 0 bridgehead atoms. The standard InChI is InChI=1S/C19H24N4O2S2/c1-10-13(4)27-18-16(10)17(24)21-15(22-18)9-26-19-20-11(2)12(3)23(19)8-14-6-5-7-25-14/h14H,5-9H2,1-4H3,(H,21,22,24)/t14-/m0/s1. The number of aryl methyl sites for hydroxylation is 3. The zero-order chi connectivity index (χ0) is 19.1. The normalized spacial score (nSPS) is 17.3. The molecule has 0 spiro atoms. The highest BCUT2D eigenvalue weighted by Crippen LogP contribution is 2.28. The third kappa shape index (κ3) is 3.58. The fourth-order valence-electron chi connectivity index (χ4n) is 3.44. The molecule has 4 heterocycles. The second-order valence-corrected chi connectivity index (χ2v) is 9.22. The topological polar surface area (TPSA) is 72.8 Å². The summed E-state index contributed by atoms with van der Waals surface area (Å²) in [5.74, 6) is 1.28. The van der Waals surface area contributed by atoms with Gasteiger partial charge in [-0.3, -0.25) is 4.79 Å². The Balaban J connectivity index is 1.57. The molecule has 0 aromatic carbocycles. The van der Waals surface area contributed by atoms with E-state index in [2.05, 4.69) is 21.5 Å². The Morgan fingerprint density at radius 2 is 2.11 bits per heavy atom. The predicted molar refractivity (Wildman–Crippen MR) is 110 cm³/mol. The molecule has 3 aromatic heterocycles. The first-order valence-electron chi connectivity index (χ1n) is 9.21. The summed E-state index contributed by atoms with van der Waals surface area (Å²) in [4.78, 5) is 26.8. The van der Waals surface area contributed by atoms with Gasteiger partial charge in [0.15, 0.2) is 5.16 Å². The van der Waals surface area contributed by atoms with Gasteiger partial charge in [-0.2, -0.15) is 0 Å². The molecular formula is C19H24N4O2S2. The summed E-state index contributed by atoms with van der Waals surface area (Å²) in [5.41, 5.74) is 3.19. The molecule has 0 radical (unpaired) electrons. The van der Waals surface area contributed by atoms with Gasteiger partial charge in [-0.1, -0.05) is 11.8 Å². The Morgan fingerprint density at radius 3 is 2.85 bits per heavy atom. The van der Waals surface area contributed by atoms with E-state index in [1.165, 1.54) is 5.69 Å². The number of nitrogens with zero attached hydrogens (tertiary/aromatic N) is 3. The van der Waals surface area contributed by atoms with Gasteiger partial charge in [0.2, 0.25) is 0 Å². The van der Waals surface area contributed by atoms with E-state index in [-0.39, 0.29) is 11.7 Å². The van der Waals surface area contributed by atoms with Crippen molar-refractivity contribution >= 4 is 33.3 Å². The molecule has 0 saturated carbocycles. The minimum absolute atomic E-state index is 0.0486. The van der Waals surface area contributed by atoms with E-state index in [9.17, 15) is 4.79 Å². The number of aromatic nitrogens is 4. The van der Waals surface area contributed by atoms with Crippen LogP contribution in [0.4, 0.5) is 0 Å². The summed E-state index contributed by atoms with van der Waals surface area (Å²) < 4.78 is 8.04. The van der Waals surface area contributed by atoms with Crippen molar-refractivity contribution in [1.29, 1.82) is 0 Å². The van der Waals surface area contributed by atoms with E-state index in [4.69, 9.17) is 9.72 Å². The van der Waals surface area contributed by atoms with Crippen LogP contribution in [0.2, 0.25) is 0 Å². The van der Waals surface area contributed by atoms with Crippen LogP contribution < -0.4 is 5.56 Å². The summed E-state index contributed by atoms with van der Waals surface area (Å²) in [6, 6.07) is 0. The molecule has 3 aromatic rings. The lowest BCUT2D eigenvalue weighted by atomic mass is 10.2. The minimum Gasteiger partial charge on any atom is -0.376 e. The molecule has 0 amide bonds. The van der Waals surface area contributed by atoms with Crippen molar-refractivity contribution in [1.82, 2.24) is 19.5 Å². The Bertz CT molecular complexity index is 1040. The number of H-pyrrole nitrogens is 1. The van der Waals surface area contributed by atoms with Crippen LogP contribution in [0.25, 0.3) is 10.2 Å². The number of aromatic amines is 1. The van der Waals surface area contributed by atoms with Crippen molar-refractivity contribution in [2.45, 2.75) is 64.1 Å². The first kappa shape index (κ1) is 18.7. The molecule has 1 aliphatic rings. The lowest BCUT2D eigenvalue weighted by Crippen LogP contribution is -2.17. The van der Waals surface area contributed by atoms with Crippen molar-refractivity contribution < 1.29 is 4.74 Å². The van der Waals surface area contributed by atoms with E-state index in [1.807, 2.05) is 20.8 Å². The van der Waals surface area contributed by atoms with Crippen LogP contribution in [0.15, 0.2) is 9.95 Å². The first-order valence-corrected chi connectivity index (χ1v) is 11.0. The van der Waals surface area contributed by atoms with Crippen LogP contribution in [0.3, 0.4) is 0 Å². The van der Waals surface area contributed by atoms with Gasteiger partial charge in [0.05, 0.1) is 29.5 Å². The zero-order valence-electron chi connectivity index (χ0n) is 16.1. The van der Waals surface area contributed by atoms with Crippen molar-refractivity contribution in [2.24, 2.45) is 0 Å². The average Bonchev–Trinajstić information content (AvgIpc) is 3.30. The van der Waals surface area contributed by atoms with Crippen LogP contribution in [-0.2, 0) is 17.0 Å². The summed E-state index contributed by atoms with van der Waals surface area (Å²) in [6.07, 6.45) is 2.50. The molecule has 27 heavy (non-hydrogen) atoms. The number of thiophene rings is 1. The number of imidazole rings is 1. The van der Waals surface area contributed by atoms with Crippen molar-refractivity contribution in [3.05, 3.63) is 38.0 Å². The van der Waals surface area contributed by atoms with Crippen LogP contribution >= 0.6 is 23.1 Å². The smallest absolute Gasteiger partial charge is 0.259 e. The first-order chi connectivity index (χ1) is 12.9. The molecule has 8 heteroatoms. The summed E-state index contributed by atoms with van der Waals surface area (Å²) in [5, 5.41) is 1.68. The molecule has 144 valence electrons. The second-order valence-electron chi connectivity index (χ2n) is 7.08. The summed E-state index contributed by atoms with van der Waals surface area (Å²) in [6.45, 7) is 9.83. The maximum absolute atomic E-state index is 12.5. The molecule has 1 fully saturated rings. The summed E-state index contributed by atoms with van der Waals surface area (Å²) in [7, 11) is 0. The SMILES string of the molecule is Cc1nc(SCc2nc3sc(C)c(C)c3c(=O)[nH]2)n(C[C@@H]2CCCO2)c1C. The molecule has 1 aliphatic heterocycles. The number of ether oxygens (including phenoxy) is 1. The second kappa shape index (κ2) is 7.41. The van der Waals surface area contributed by atoms with E-state index in [0.717, 1.165) is 57.5 Å². The molecule has 0 aliphatic carbocycles. The predicted octanol–water partition coefficient (Wildman–Crippen LogP) is 3.89. The molecule has 1 atom stereocenters. The molecule has 1 saturated heterocycles. The highest BCUT2D eigenvalue weighted by molar-refractivity contribution is 7.98. The molecular weight excluding hydrogens is 380 g/mol. The van der Waals surface area contributed by atoms with Gasteiger partial charge < -0.3 is 14.3 Å². The van der Waals surface area contributed by atoms with E-state index >= 15 is 0 Å². The zero-order valence-corrected chi connectivity index (χ0v) is 17.7. The highest BCUT2D eigenvalue weighted by Gasteiger charge is 2.20. The van der Waals surface area contributed by atoms with Gasteiger partial charge >= 0.3 is 0 Å². The Labute approximate surface area is 166 Å². The van der Waals surface area contributed by atoms with Gasteiger partial charge in [0, 0.05) is 17.2 Å². The van der Waals surface area contributed by atoms with Crippen LogP contribution in [0.1, 0.15) is 40.5 Å². The molecule has 4 rings (SSSR count). The van der Waals surface area contributed by atoms with Crippen molar-refractivity contribution in [2.75, 3.05) is 6.61 Å². The number of hydrogen-bond donors (Lipinski definition) is 1. The van der Waals surface area contributed by atoms with E-state index < -0.39 is 0 Å². The van der Waals surface area contributed by atoms with Crippen LogP contribution in [0.5, 0.6) is 0 Å². The van der Waals surface area contributed by atoms with Gasteiger partial charge in [-0.05, 0) is 46.1 Å². The monoisotopic (exact) mass is 404 g/mol. The number of thioether (sulfide) groups is 1. The number of fused-ring (bicyclic) bond motifs is 1. The number of nitrogens with one attached hydrogen (secondary N) is 1. The highest BCUT2D eigenvalue weighted by atomic mass is 32.2. The van der Waals surface area contributed by atoms with Gasteiger partial charge in [-0.25, -0.2) is 9.97 Å². The largest absolute Gasteiger partial charge is 0.376 e. The van der Waals surface area contributed by atoms with Crippen molar-refractivity contribution in [3.63, 3.8) is 0 Å². The quantitative estimate of drug-likeness (QED) is 0.653. The summed E-state index contributed by atoms with van der Waals surface area (Å²) >= 11 is 3.20. The number of hydrogen-bond acceptors (Lipinski definition) is 6. The fourth-order valence-corrected chi connectivity index (χ4v) is 5.46. The Kier molecular flexibility index (Phi) is 5.13. The van der Waals surface area contributed by atoms with E-state index in [0.29, 0.717) is 11.6 Å². The average molecular weight is 405 g/mol. The minimum atomic E-state index is -0.0486. The lowest BCUT2D eigenvalue weighted by Gasteiger charge is -2.14. The molecule has 6 nitrogen and oxygen atoms in total. The van der Waals surface area contributed by atoms with Gasteiger partial charge in [-0.15, -0.1) is 11.3 Å². The Morgan fingerprint density at radius 1 is 1.30 bits per heavy atom. The fraction of sp³-hybridized carbons (Fsp3) is 0.526. The lowest BCUT2D eigenvalue weighted by molar-refractivity contribution is 0.0945. The van der Waals surface area contributed by atoms with Gasteiger partial charge in [0.25, 0.3) is 5.56 Å². The van der Waals surface area contributed by atoms with Crippen molar-refractivity contribution in [3.8, 4) is 0 Å². The van der Waals surface area contributed by atoms with Crippen LogP contribution in [0, 0.1) is 27.7 Å². The Hall–Kier alpha value is -1.64. The third-order valence-electron chi connectivity index (χ3n) is 5.26.